The third-order valence-corrected chi connectivity index (χ3v) is 4.19. The van der Waals surface area contributed by atoms with Crippen molar-refractivity contribution in [3.8, 4) is 0 Å². The Morgan fingerprint density at radius 2 is 1.56 bits per heavy atom. The molecule has 106 valence electrons. The van der Waals surface area contributed by atoms with Crippen LogP contribution in [0.4, 0.5) is 0 Å². The zero-order chi connectivity index (χ0) is 13.3. The second-order valence-electron chi connectivity index (χ2n) is 7.14. The van der Waals surface area contributed by atoms with E-state index >= 15 is 0 Å². The quantitative estimate of drug-likeness (QED) is 0.769. The second kappa shape index (κ2) is 5.48. The van der Waals surface area contributed by atoms with Gasteiger partial charge in [-0.2, -0.15) is 0 Å². The molecule has 1 aliphatic carbocycles. The van der Waals surface area contributed by atoms with Crippen molar-refractivity contribution in [2.45, 2.75) is 71.2 Å². The SMILES string of the molecule is CC(C)N1CCN([C@H]2C[C@@H](OC(C)(C)C)C2)CC1. The molecular weight excluding hydrogens is 224 g/mol. The summed E-state index contributed by atoms with van der Waals surface area (Å²) in [7, 11) is 0. The number of hydrogen-bond donors (Lipinski definition) is 0. The molecule has 0 aromatic rings. The summed E-state index contributed by atoms with van der Waals surface area (Å²) in [6, 6.07) is 1.48. The molecule has 0 amide bonds. The van der Waals surface area contributed by atoms with Gasteiger partial charge in [-0.15, -0.1) is 0 Å². The minimum absolute atomic E-state index is 0.0198. The Morgan fingerprint density at radius 1 is 1.00 bits per heavy atom. The average Bonchev–Trinajstić information content (AvgIpc) is 2.22. The Kier molecular flexibility index (Phi) is 4.35. The number of nitrogens with zero attached hydrogens (tertiary/aromatic N) is 2. The largest absolute Gasteiger partial charge is 0.373 e. The highest BCUT2D eigenvalue weighted by Gasteiger charge is 2.37. The Morgan fingerprint density at radius 3 is 2.00 bits per heavy atom. The molecule has 1 heterocycles. The van der Waals surface area contributed by atoms with Crippen LogP contribution in [0.5, 0.6) is 0 Å². The van der Waals surface area contributed by atoms with E-state index in [2.05, 4.69) is 44.4 Å². The molecule has 3 nitrogen and oxygen atoms in total. The molecule has 18 heavy (non-hydrogen) atoms. The van der Waals surface area contributed by atoms with Crippen molar-refractivity contribution >= 4 is 0 Å². The lowest BCUT2D eigenvalue weighted by Crippen LogP contribution is -2.57. The first kappa shape index (κ1) is 14.3. The van der Waals surface area contributed by atoms with Gasteiger partial charge in [-0.25, -0.2) is 0 Å². The van der Waals surface area contributed by atoms with Gasteiger partial charge in [-0.05, 0) is 47.5 Å². The fraction of sp³-hybridized carbons (Fsp3) is 1.00. The van der Waals surface area contributed by atoms with E-state index in [1.807, 2.05) is 0 Å². The smallest absolute Gasteiger partial charge is 0.0612 e. The summed E-state index contributed by atoms with van der Waals surface area (Å²) >= 11 is 0. The molecule has 2 aliphatic rings. The summed E-state index contributed by atoms with van der Waals surface area (Å²) < 4.78 is 6.02. The first-order valence-electron chi connectivity index (χ1n) is 7.51. The number of ether oxygens (including phenoxy) is 1. The number of piperazine rings is 1. The highest BCUT2D eigenvalue weighted by molar-refractivity contribution is 4.91. The van der Waals surface area contributed by atoms with Crippen molar-refractivity contribution in [2.75, 3.05) is 26.2 Å². The predicted octanol–water partition coefficient (Wildman–Crippen LogP) is 2.36. The lowest BCUT2D eigenvalue weighted by molar-refractivity contribution is -0.124. The minimum Gasteiger partial charge on any atom is -0.373 e. The van der Waals surface area contributed by atoms with E-state index < -0.39 is 0 Å². The van der Waals surface area contributed by atoms with Crippen molar-refractivity contribution in [1.82, 2.24) is 9.80 Å². The molecule has 1 aliphatic heterocycles. The summed E-state index contributed by atoms with van der Waals surface area (Å²) in [6.45, 7) is 16.0. The van der Waals surface area contributed by atoms with E-state index in [-0.39, 0.29) is 5.60 Å². The maximum absolute atomic E-state index is 6.02. The van der Waals surface area contributed by atoms with E-state index in [9.17, 15) is 0 Å². The molecule has 2 fully saturated rings. The molecule has 0 aromatic carbocycles. The Balaban J connectivity index is 1.68. The monoisotopic (exact) mass is 254 g/mol. The summed E-state index contributed by atoms with van der Waals surface area (Å²) in [5.41, 5.74) is 0.0198. The van der Waals surface area contributed by atoms with Crippen molar-refractivity contribution in [2.24, 2.45) is 0 Å². The van der Waals surface area contributed by atoms with Gasteiger partial charge in [0.25, 0.3) is 0 Å². The van der Waals surface area contributed by atoms with Gasteiger partial charge in [0, 0.05) is 38.3 Å². The summed E-state index contributed by atoms with van der Waals surface area (Å²) in [6.07, 6.45) is 2.97. The highest BCUT2D eigenvalue weighted by atomic mass is 16.5. The third-order valence-electron chi connectivity index (χ3n) is 4.19. The van der Waals surface area contributed by atoms with Gasteiger partial charge < -0.3 is 4.74 Å². The summed E-state index contributed by atoms with van der Waals surface area (Å²) in [4.78, 5) is 5.25. The van der Waals surface area contributed by atoms with Gasteiger partial charge in [0.1, 0.15) is 0 Å². The molecule has 0 aromatic heterocycles. The van der Waals surface area contributed by atoms with Gasteiger partial charge >= 0.3 is 0 Å². The van der Waals surface area contributed by atoms with Gasteiger partial charge in [-0.3, -0.25) is 9.80 Å². The van der Waals surface area contributed by atoms with Gasteiger partial charge in [0.05, 0.1) is 11.7 Å². The Labute approximate surface area is 112 Å². The fourth-order valence-electron chi connectivity index (χ4n) is 3.05. The molecule has 0 radical (unpaired) electrons. The first-order chi connectivity index (χ1) is 8.35. The molecule has 0 atom stereocenters. The van der Waals surface area contributed by atoms with Crippen LogP contribution in [0.15, 0.2) is 0 Å². The standard InChI is InChI=1S/C15H30N2O/c1-12(2)16-6-8-17(9-7-16)13-10-14(11-13)18-15(3,4)5/h12-14H,6-11H2,1-5H3/t13-,14+. The average molecular weight is 254 g/mol. The van der Waals surface area contributed by atoms with Crippen molar-refractivity contribution in [1.29, 1.82) is 0 Å². The Hall–Kier alpha value is -0.120. The predicted molar refractivity (Wildman–Crippen MR) is 75.9 cm³/mol. The number of rotatable bonds is 3. The van der Waals surface area contributed by atoms with Crippen molar-refractivity contribution in [3.05, 3.63) is 0 Å². The van der Waals surface area contributed by atoms with E-state index in [0.717, 1.165) is 6.04 Å². The van der Waals surface area contributed by atoms with E-state index in [1.54, 1.807) is 0 Å². The lowest BCUT2D eigenvalue weighted by Gasteiger charge is -2.48. The van der Waals surface area contributed by atoms with Gasteiger partial charge in [0.2, 0.25) is 0 Å². The van der Waals surface area contributed by atoms with Crippen molar-refractivity contribution in [3.63, 3.8) is 0 Å². The second-order valence-corrected chi connectivity index (χ2v) is 7.14. The zero-order valence-corrected chi connectivity index (χ0v) is 12.8. The minimum atomic E-state index is 0.0198. The third kappa shape index (κ3) is 3.69. The molecule has 0 N–H and O–H groups in total. The first-order valence-corrected chi connectivity index (χ1v) is 7.51. The molecule has 1 saturated heterocycles. The van der Waals surface area contributed by atoms with Gasteiger partial charge in [-0.1, -0.05) is 0 Å². The molecule has 2 rings (SSSR count). The van der Waals surface area contributed by atoms with Crippen LogP contribution in [-0.4, -0.2) is 59.8 Å². The van der Waals surface area contributed by atoms with Crippen molar-refractivity contribution < 1.29 is 4.74 Å². The van der Waals surface area contributed by atoms with E-state index in [0.29, 0.717) is 12.1 Å². The molecule has 0 bridgehead atoms. The van der Waals surface area contributed by atoms with Crippen LogP contribution in [0.2, 0.25) is 0 Å². The zero-order valence-electron chi connectivity index (χ0n) is 12.8. The summed E-state index contributed by atoms with van der Waals surface area (Å²) in [5.74, 6) is 0. The van der Waals surface area contributed by atoms with Crippen LogP contribution in [0.1, 0.15) is 47.5 Å². The van der Waals surface area contributed by atoms with E-state index in [4.69, 9.17) is 4.74 Å². The van der Waals surface area contributed by atoms with Crippen LogP contribution < -0.4 is 0 Å². The van der Waals surface area contributed by atoms with Gasteiger partial charge in [0.15, 0.2) is 0 Å². The van der Waals surface area contributed by atoms with Crippen LogP contribution in [0.3, 0.4) is 0 Å². The molecule has 1 saturated carbocycles. The summed E-state index contributed by atoms with van der Waals surface area (Å²) in [5, 5.41) is 0. The van der Waals surface area contributed by atoms with Crippen LogP contribution in [0, 0.1) is 0 Å². The van der Waals surface area contributed by atoms with Crippen LogP contribution >= 0.6 is 0 Å². The molecule has 0 spiro atoms. The molecular formula is C15H30N2O. The lowest BCUT2D eigenvalue weighted by atomic mass is 9.86. The maximum Gasteiger partial charge on any atom is 0.0612 e. The highest BCUT2D eigenvalue weighted by Crippen LogP contribution is 2.32. The maximum atomic E-state index is 6.02. The fourth-order valence-corrected chi connectivity index (χ4v) is 3.05. The molecule has 3 heteroatoms. The normalized spacial score (nSPS) is 31.7. The van der Waals surface area contributed by atoms with E-state index in [1.165, 1.54) is 39.0 Å². The number of hydrogen-bond acceptors (Lipinski definition) is 3. The topological polar surface area (TPSA) is 15.7 Å². The molecule has 0 unspecified atom stereocenters. The van der Waals surface area contributed by atoms with Crippen LogP contribution in [0.25, 0.3) is 0 Å². The van der Waals surface area contributed by atoms with Crippen LogP contribution in [-0.2, 0) is 4.74 Å². The Bertz CT molecular complexity index is 258.